The third-order valence-electron chi connectivity index (χ3n) is 3.28. The number of aryl methyl sites for hydroxylation is 1. The predicted molar refractivity (Wildman–Crippen MR) is 86.6 cm³/mol. The van der Waals surface area contributed by atoms with Crippen molar-refractivity contribution in [2.45, 2.75) is 40.7 Å². The summed E-state index contributed by atoms with van der Waals surface area (Å²) < 4.78 is 5.59. The van der Waals surface area contributed by atoms with Gasteiger partial charge >= 0.3 is 0 Å². The van der Waals surface area contributed by atoms with Gasteiger partial charge in [-0.1, -0.05) is 32.9 Å². The first-order valence-corrected chi connectivity index (χ1v) is 7.67. The minimum Gasteiger partial charge on any atom is -0.484 e. The summed E-state index contributed by atoms with van der Waals surface area (Å²) >= 11 is 0. The minimum absolute atomic E-state index is 0.0651. The second kappa shape index (κ2) is 8.67. The lowest BCUT2D eigenvalue weighted by Crippen LogP contribution is -2.31. The summed E-state index contributed by atoms with van der Waals surface area (Å²) in [6.07, 6.45) is 0. The third-order valence-corrected chi connectivity index (χ3v) is 3.28. The Labute approximate surface area is 128 Å². The van der Waals surface area contributed by atoms with Crippen LogP contribution in [-0.2, 0) is 4.79 Å². The molecule has 0 spiro atoms. The van der Waals surface area contributed by atoms with Crippen molar-refractivity contribution in [1.82, 2.24) is 10.6 Å². The summed E-state index contributed by atoms with van der Waals surface area (Å²) in [6.45, 7) is 12.0. The van der Waals surface area contributed by atoms with Gasteiger partial charge in [0.1, 0.15) is 5.75 Å². The minimum atomic E-state index is -0.0757. The molecule has 1 rings (SSSR count). The van der Waals surface area contributed by atoms with Crippen LogP contribution in [0.25, 0.3) is 0 Å². The molecule has 0 fully saturated rings. The quantitative estimate of drug-likeness (QED) is 0.774. The Balaban J connectivity index is 2.55. The average molecular weight is 292 g/mol. The summed E-state index contributed by atoms with van der Waals surface area (Å²) in [6, 6.07) is 6.40. The van der Waals surface area contributed by atoms with Crippen LogP contribution >= 0.6 is 0 Å². The van der Waals surface area contributed by atoms with Crippen molar-refractivity contribution in [1.29, 1.82) is 0 Å². The van der Waals surface area contributed by atoms with Crippen molar-refractivity contribution in [3.05, 3.63) is 29.3 Å². The maximum atomic E-state index is 11.6. The molecule has 1 amide bonds. The largest absolute Gasteiger partial charge is 0.484 e. The Kier molecular flexibility index (Phi) is 7.23. The number of rotatable bonds is 8. The maximum absolute atomic E-state index is 11.6. The Morgan fingerprint density at radius 2 is 2.00 bits per heavy atom. The standard InChI is InChI=1S/C17H28N2O2/c1-6-18-14(5)15-7-8-16(13(4)9-15)21-11-17(20)19-10-12(2)3/h7-9,12,14,18H,6,10-11H2,1-5H3,(H,19,20). The van der Waals surface area contributed by atoms with Gasteiger partial charge in [-0.25, -0.2) is 0 Å². The van der Waals surface area contributed by atoms with Crippen molar-refractivity contribution in [2.24, 2.45) is 5.92 Å². The van der Waals surface area contributed by atoms with Crippen LogP contribution in [0.2, 0.25) is 0 Å². The van der Waals surface area contributed by atoms with E-state index in [4.69, 9.17) is 4.74 Å². The Morgan fingerprint density at radius 3 is 2.57 bits per heavy atom. The van der Waals surface area contributed by atoms with Crippen molar-refractivity contribution in [2.75, 3.05) is 19.7 Å². The molecule has 4 heteroatoms. The molecule has 0 radical (unpaired) electrons. The van der Waals surface area contributed by atoms with E-state index in [1.165, 1.54) is 5.56 Å². The molecule has 0 aliphatic heterocycles. The number of carbonyl (C=O) groups is 1. The normalized spacial score (nSPS) is 12.3. The summed E-state index contributed by atoms with van der Waals surface area (Å²) in [4.78, 5) is 11.6. The van der Waals surface area contributed by atoms with E-state index in [1.54, 1.807) is 0 Å². The molecule has 118 valence electrons. The first kappa shape index (κ1) is 17.5. The highest BCUT2D eigenvalue weighted by molar-refractivity contribution is 5.77. The van der Waals surface area contributed by atoms with E-state index in [-0.39, 0.29) is 12.5 Å². The lowest BCUT2D eigenvalue weighted by atomic mass is 10.1. The molecule has 2 N–H and O–H groups in total. The van der Waals surface area contributed by atoms with E-state index in [9.17, 15) is 4.79 Å². The van der Waals surface area contributed by atoms with Crippen LogP contribution in [0.3, 0.4) is 0 Å². The Morgan fingerprint density at radius 1 is 1.29 bits per heavy atom. The third kappa shape index (κ3) is 6.17. The van der Waals surface area contributed by atoms with Crippen LogP contribution in [0.1, 0.15) is 44.9 Å². The topological polar surface area (TPSA) is 50.4 Å². The maximum Gasteiger partial charge on any atom is 0.257 e. The number of benzene rings is 1. The van der Waals surface area contributed by atoms with Crippen LogP contribution < -0.4 is 15.4 Å². The van der Waals surface area contributed by atoms with E-state index < -0.39 is 0 Å². The van der Waals surface area contributed by atoms with E-state index in [2.05, 4.69) is 44.4 Å². The first-order chi connectivity index (χ1) is 9.93. The molecule has 0 bridgehead atoms. The average Bonchev–Trinajstić information content (AvgIpc) is 2.44. The molecule has 0 aliphatic rings. The molecule has 0 heterocycles. The summed E-state index contributed by atoms with van der Waals surface area (Å²) in [5.74, 6) is 1.14. The van der Waals surface area contributed by atoms with E-state index in [0.717, 1.165) is 17.9 Å². The summed E-state index contributed by atoms with van der Waals surface area (Å²) in [7, 11) is 0. The monoisotopic (exact) mass is 292 g/mol. The van der Waals surface area contributed by atoms with Crippen LogP contribution in [0.4, 0.5) is 0 Å². The summed E-state index contributed by atoms with van der Waals surface area (Å²) in [5.41, 5.74) is 2.28. The highest BCUT2D eigenvalue weighted by atomic mass is 16.5. The zero-order valence-corrected chi connectivity index (χ0v) is 13.8. The van der Waals surface area contributed by atoms with Gasteiger partial charge in [0.2, 0.25) is 0 Å². The number of hydrogen-bond donors (Lipinski definition) is 2. The molecule has 1 aromatic carbocycles. The van der Waals surface area contributed by atoms with Crippen molar-refractivity contribution in [3.63, 3.8) is 0 Å². The van der Waals surface area contributed by atoms with Gasteiger partial charge in [0, 0.05) is 12.6 Å². The molecular formula is C17H28N2O2. The van der Waals surface area contributed by atoms with Gasteiger partial charge in [0.15, 0.2) is 6.61 Å². The highest BCUT2D eigenvalue weighted by Gasteiger charge is 2.08. The lowest BCUT2D eigenvalue weighted by Gasteiger charge is -2.15. The van der Waals surface area contributed by atoms with Crippen molar-refractivity contribution >= 4 is 5.91 Å². The fourth-order valence-electron chi connectivity index (χ4n) is 2.04. The number of amides is 1. The van der Waals surface area contributed by atoms with Gasteiger partial charge < -0.3 is 15.4 Å². The Hall–Kier alpha value is -1.55. The molecular weight excluding hydrogens is 264 g/mol. The summed E-state index contributed by atoms with van der Waals surface area (Å²) in [5, 5.41) is 6.23. The molecule has 21 heavy (non-hydrogen) atoms. The van der Waals surface area contributed by atoms with E-state index in [1.807, 2.05) is 19.1 Å². The Bertz CT molecular complexity index is 458. The molecule has 1 atom stereocenters. The fraction of sp³-hybridized carbons (Fsp3) is 0.588. The highest BCUT2D eigenvalue weighted by Crippen LogP contribution is 2.22. The number of nitrogens with one attached hydrogen (secondary N) is 2. The SMILES string of the molecule is CCNC(C)c1ccc(OCC(=O)NCC(C)C)c(C)c1. The number of hydrogen-bond acceptors (Lipinski definition) is 3. The van der Waals surface area contributed by atoms with Crippen LogP contribution in [0.5, 0.6) is 5.75 Å². The predicted octanol–water partition coefficient (Wildman–Crippen LogP) is 2.82. The van der Waals surface area contributed by atoms with Crippen LogP contribution in [-0.4, -0.2) is 25.6 Å². The number of carbonyl (C=O) groups excluding carboxylic acids is 1. The van der Waals surface area contributed by atoms with Crippen molar-refractivity contribution in [3.8, 4) is 5.75 Å². The zero-order chi connectivity index (χ0) is 15.8. The van der Waals surface area contributed by atoms with Crippen molar-refractivity contribution < 1.29 is 9.53 Å². The zero-order valence-electron chi connectivity index (χ0n) is 13.8. The number of ether oxygens (including phenoxy) is 1. The molecule has 4 nitrogen and oxygen atoms in total. The fourth-order valence-corrected chi connectivity index (χ4v) is 2.04. The van der Waals surface area contributed by atoms with Gasteiger partial charge in [-0.3, -0.25) is 4.79 Å². The van der Waals surface area contributed by atoms with Crippen LogP contribution in [0.15, 0.2) is 18.2 Å². The smallest absolute Gasteiger partial charge is 0.257 e. The van der Waals surface area contributed by atoms with Crippen LogP contribution in [0, 0.1) is 12.8 Å². The van der Waals surface area contributed by atoms with E-state index >= 15 is 0 Å². The van der Waals surface area contributed by atoms with Gasteiger partial charge in [0.25, 0.3) is 5.91 Å². The van der Waals surface area contributed by atoms with Gasteiger partial charge in [-0.15, -0.1) is 0 Å². The van der Waals surface area contributed by atoms with E-state index in [0.29, 0.717) is 18.5 Å². The second-order valence-electron chi connectivity index (χ2n) is 5.79. The lowest BCUT2D eigenvalue weighted by molar-refractivity contribution is -0.123. The molecule has 0 saturated carbocycles. The molecule has 0 aliphatic carbocycles. The second-order valence-corrected chi connectivity index (χ2v) is 5.79. The molecule has 1 aromatic rings. The molecule has 0 saturated heterocycles. The van der Waals surface area contributed by atoms with Gasteiger partial charge in [0.05, 0.1) is 0 Å². The van der Waals surface area contributed by atoms with Gasteiger partial charge in [-0.05, 0) is 43.5 Å². The van der Waals surface area contributed by atoms with Gasteiger partial charge in [-0.2, -0.15) is 0 Å². The molecule has 1 unspecified atom stereocenters. The molecule has 0 aromatic heterocycles. The first-order valence-electron chi connectivity index (χ1n) is 7.67.